The summed E-state index contributed by atoms with van der Waals surface area (Å²) >= 11 is 0. The number of nitrogens with zero attached hydrogens (tertiary/aromatic N) is 3. The van der Waals surface area contributed by atoms with Gasteiger partial charge in [0.15, 0.2) is 0 Å². The van der Waals surface area contributed by atoms with Crippen molar-refractivity contribution >= 4 is 21.4 Å². The van der Waals surface area contributed by atoms with Gasteiger partial charge in [-0.1, -0.05) is 6.07 Å². The average Bonchev–Trinajstić information content (AvgIpc) is 2.90. The van der Waals surface area contributed by atoms with Crippen molar-refractivity contribution in [2.75, 3.05) is 4.72 Å². The molecule has 112 valence electrons. The summed E-state index contributed by atoms with van der Waals surface area (Å²) in [5, 5.41) is 14.8. The Morgan fingerprint density at radius 1 is 1.43 bits per heavy atom. The molecule has 1 aromatic heterocycles. The van der Waals surface area contributed by atoms with Crippen molar-refractivity contribution in [3.63, 3.8) is 0 Å². The molecule has 0 radical (unpaired) electrons. The van der Waals surface area contributed by atoms with Crippen LogP contribution in [0.15, 0.2) is 35.5 Å². The molecule has 0 aliphatic carbocycles. The molecular weight excluding hydrogens is 296 g/mol. The largest absolute Gasteiger partial charge is 0.279 e. The van der Waals surface area contributed by atoms with Crippen molar-refractivity contribution in [2.45, 2.75) is 25.3 Å². The number of benzene rings is 1. The molecule has 1 heterocycles. The zero-order chi connectivity index (χ0) is 15.6. The summed E-state index contributed by atoms with van der Waals surface area (Å²) in [4.78, 5) is 10.3. The third-order valence-electron chi connectivity index (χ3n) is 2.99. The molecule has 0 aliphatic rings. The monoisotopic (exact) mass is 310 g/mol. The number of aryl methyl sites for hydroxylation is 1. The lowest BCUT2D eigenvalue weighted by molar-refractivity contribution is -0.385. The lowest BCUT2D eigenvalue weighted by Gasteiger charge is -2.09. The van der Waals surface area contributed by atoms with E-state index in [2.05, 4.69) is 9.82 Å². The highest BCUT2D eigenvalue weighted by atomic mass is 32.2. The predicted octanol–water partition coefficient (Wildman–Crippen LogP) is 1.92. The Balaban J connectivity index is 2.37. The minimum absolute atomic E-state index is 0.00950. The second-order valence-corrected chi connectivity index (χ2v) is 6.03. The molecule has 0 amide bonds. The van der Waals surface area contributed by atoms with E-state index < -0.39 is 14.9 Å². The van der Waals surface area contributed by atoms with Gasteiger partial charge >= 0.3 is 0 Å². The van der Waals surface area contributed by atoms with E-state index in [0.717, 1.165) is 0 Å². The van der Waals surface area contributed by atoms with E-state index in [1.54, 1.807) is 0 Å². The number of hydrogen-bond donors (Lipinski definition) is 1. The molecule has 0 fully saturated rings. The van der Waals surface area contributed by atoms with Crippen molar-refractivity contribution in [1.29, 1.82) is 0 Å². The predicted molar refractivity (Wildman–Crippen MR) is 76.5 cm³/mol. The van der Waals surface area contributed by atoms with Crippen molar-refractivity contribution < 1.29 is 13.3 Å². The maximum absolute atomic E-state index is 12.2. The Kier molecular flexibility index (Phi) is 3.94. The molecule has 2 rings (SSSR count). The Morgan fingerprint density at radius 2 is 2.14 bits per heavy atom. The lowest BCUT2D eigenvalue weighted by atomic mass is 10.2. The second-order valence-electron chi connectivity index (χ2n) is 4.34. The smallest absolute Gasteiger partial charge is 0.274 e. The van der Waals surface area contributed by atoms with Crippen molar-refractivity contribution in [2.24, 2.45) is 0 Å². The van der Waals surface area contributed by atoms with Gasteiger partial charge in [0.05, 0.1) is 22.4 Å². The standard InChI is InChI=1S/C12H14N4O4S/c1-3-15-8-10(7-13-15)21(19,20)14-11-5-4-6-12(9(11)2)16(17)18/h4-8,14H,3H2,1-2H3. The van der Waals surface area contributed by atoms with Gasteiger partial charge in [0.1, 0.15) is 4.90 Å². The van der Waals surface area contributed by atoms with Crippen LogP contribution in [0.1, 0.15) is 12.5 Å². The fourth-order valence-corrected chi connectivity index (χ4v) is 2.87. The summed E-state index contributed by atoms with van der Waals surface area (Å²) < 4.78 is 28.3. The van der Waals surface area contributed by atoms with Gasteiger partial charge in [-0.05, 0) is 19.9 Å². The molecule has 0 saturated heterocycles. The Labute approximate surface area is 121 Å². The normalized spacial score (nSPS) is 11.3. The number of aromatic nitrogens is 2. The third-order valence-corrected chi connectivity index (χ3v) is 4.31. The quantitative estimate of drug-likeness (QED) is 0.670. The van der Waals surface area contributed by atoms with Gasteiger partial charge in [-0.25, -0.2) is 8.42 Å². The summed E-state index contributed by atoms with van der Waals surface area (Å²) in [5.41, 5.74) is 0.293. The summed E-state index contributed by atoms with van der Waals surface area (Å²) in [6, 6.07) is 4.23. The molecule has 1 N–H and O–H groups in total. The van der Waals surface area contributed by atoms with Crippen LogP contribution in [0.2, 0.25) is 0 Å². The van der Waals surface area contributed by atoms with Crippen LogP contribution in [0.4, 0.5) is 11.4 Å². The van der Waals surface area contributed by atoms with Crippen molar-refractivity contribution in [3.05, 3.63) is 46.3 Å². The van der Waals surface area contributed by atoms with E-state index >= 15 is 0 Å². The fraction of sp³-hybridized carbons (Fsp3) is 0.250. The van der Waals surface area contributed by atoms with Gasteiger partial charge in [0.25, 0.3) is 15.7 Å². The first-order chi connectivity index (χ1) is 9.85. The minimum Gasteiger partial charge on any atom is -0.279 e. The van der Waals surface area contributed by atoms with Gasteiger partial charge in [-0.3, -0.25) is 19.5 Å². The van der Waals surface area contributed by atoms with Crippen molar-refractivity contribution in [3.8, 4) is 0 Å². The van der Waals surface area contributed by atoms with E-state index in [0.29, 0.717) is 6.54 Å². The van der Waals surface area contributed by atoms with Crippen LogP contribution < -0.4 is 4.72 Å². The molecule has 8 nitrogen and oxygen atoms in total. The Morgan fingerprint density at radius 3 is 2.71 bits per heavy atom. The van der Waals surface area contributed by atoms with Crippen LogP contribution >= 0.6 is 0 Å². The van der Waals surface area contributed by atoms with Crippen LogP contribution in [-0.2, 0) is 16.6 Å². The van der Waals surface area contributed by atoms with E-state index in [-0.39, 0.29) is 21.8 Å². The zero-order valence-electron chi connectivity index (χ0n) is 11.5. The number of rotatable bonds is 5. The number of nitro benzene ring substituents is 1. The highest BCUT2D eigenvalue weighted by molar-refractivity contribution is 7.92. The molecular formula is C12H14N4O4S. The van der Waals surface area contributed by atoms with E-state index in [9.17, 15) is 18.5 Å². The Bertz CT molecular complexity index is 782. The summed E-state index contributed by atoms with van der Waals surface area (Å²) in [6.07, 6.45) is 2.63. The van der Waals surface area contributed by atoms with E-state index in [1.807, 2.05) is 6.92 Å². The highest BCUT2D eigenvalue weighted by Crippen LogP contribution is 2.27. The van der Waals surface area contributed by atoms with Crippen LogP contribution in [0.25, 0.3) is 0 Å². The summed E-state index contributed by atoms with van der Waals surface area (Å²) in [5.74, 6) is 0. The molecule has 1 aromatic carbocycles. The number of nitro groups is 1. The number of nitrogens with one attached hydrogen (secondary N) is 1. The van der Waals surface area contributed by atoms with Gasteiger partial charge < -0.3 is 0 Å². The second kappa shape index (κ2) is 5.52. The SMILES string of the molecule is CCn1cc(S(=O)(=O)Nc2cccc([N+](=O)[O-])c2C)cn1. The van der Waals surface area contributed by atoms with Gasteiger partial charge in [-0.15, -0.1) is 0 Å². The van der Waals surface area contributed by atoms with Crippen LogP contribution in [-0.4, -0.2) is 23.1 Å². The third kappa shape index (κ3) is 3.02. The molecule has 0 spiro atoms. The average molecular weight is 310 g/mol. The summed E-state index contributed by atoms with van der Waals surface area (Å²) in [7, 11) is -3.82. The van der Waals surface area contributed by atoms with Gasteiger partial charge in [0, 0.05) is 18.8 Å². The van der Waals surface area contributed by atoms with Crippen LogP contribution in [0.5, 0.6) is 0 Å². The zero-order valence-corrected chi connectivity index (χ0v) is 12.3. The molecule has 9 heteroatoms. The molecule has 21 heavy (non-hydrogen) atoms. The first-order valence-electron chi connectivity index (χ1n) is 6.14. The maximum atomic E-state index is 12.2. The first-order valence-corrected chi connectivity index (χ1v) is 7.62. The summed E-state index contributed by atoms with van der Waals surface area (Å²) in [6.45, 7) is 3.87. The number of anilines is 1. The molecule has 0 bridgehead atoms. The molecule has 0 aliphatic heterocycles. The molecule has 0 saturated carbocycles. The van der Waals surface area contributed by atoms with E-state index in [1.165, 1.54) is 42.2 Å². The minimum atomic E-state index is -3.82. The number of sulfonamides is 1. The van der Waals surface area contributed by atoms with Crippen LogP contribution in [0, 0.1) is 17.0 Å². The fourth-order valence-electron chi connectivity index (χ4n) is 1.79. The first kappa shape index (κ1) is 15.0. The van der Waals surface area contributed by atoms with Crippen LogP contribution in [0.3, 0.4) is 0 Å². The van der Waals surface area contributed by atoms with Gasteiger partial charge in [-0.2, -0.15) is 5.10 Å². The van der Waals surface area contributed by atoms with Crippen molar-refractivity contribution in [1.82, 2.24) is 9.78 Å². The topological polar surface area (TPSA) is 107 Å². The molecule has 0 unspecified atom stereocenters. The van der Waals surface area contributed by atoms with E-state index in [4.69, 9.17) is 0 Å². The van der Waals surface area contributed by atoms with Gasteiger partial charge in [0.2, 0.25) is 0 Å². The molecule has 2 aromatic rings. The lowest BCUT2D eigenvalue weighted by Crippen LogP contribution is -2.13. The Hall–Kier alpha value is -2.42. The molecule has 0 atom stereocenters. The highest BCUT2D eigenvalue weighted by Gasteiger charge is 2.20. The number of hydrogen-bond acceptors (Lipinski definition) is 5. The maximum Gasteiger partial charge on any atom is 0.274 e.